The number of nitrogens with one attached hydrogen (secondary N) is 1. The molecule has 2 amide bonds. The van der Waals surface area contributed by atoms with Crippen LogP contribution >= 0.6 is 0 Å². The number of carbonyl (C=O) groups excluding carboxylic acids is 2. The van der Waals surface area contributed by atoms with Crippen molar-refractivity contribution in [3.8, 4) is 0 Å². The number of hydrogen-bond acceptors (Lipinski definition) is 4. The van der Waals surface area contributed by atoms with Crippen LogP contribution in [0.4, 0.5) is 0 Å². The van der Waals surface area contributed by atoms with Crippen molar-refractivity contribution >= 4 is 11.8 Å². The lowest BCUT2D eigenvalue weighted by Gasteiger charge is -2.22. The van der Waals surface area contributed by atoms with E-state index in [1.54, 1.807) is 4.90 Å². The van der Waals surface area contributed by atoms with Crippen LogP contribution in [0, 0.1) is 0 Å². The molecule has 1 heterocycles. The number of nitrogens with zero attached hydrogens (tertiary/aromatic N) is 1. The lowest BCUT2D eigenvalue weighted by molar-refractivity contribution is -0.134. The average Bonchev–Trinajstić information content (AvgIpc) is 2.88. The van der Waals surface area contributed by atoms with Crippen molar-refractivity contribution in [1.82, 2.24) is 10.2 Å². The SMILES string of the molecule is CCN(CC)C(=O)CC(NCC1CCCO1)C(N)=O. The zero-order chi connectivity index (χ0) is 14.3. The summed E-state index contributed by atoms with van der Waals surface area (Å²) in [6.45, 7) is 6.46. The van der Waals surface area contributed by atoms with Gasteiger partial charge in [-0.1, -0.05) is 0 Å². The third kappa shape index (κ3) is 5.16. The Balaban J connectivity index is 2.43. The first kappa shape index (κ1) is 15.9. The van der Waals surface area contributed by atoms with E-state index in [1.807, 2.05) is 13.8 Å². The van der Waals surface area contributed by atoms with E-state index in [0.29, 0.717) is 19.6 Å². The molecule has 0 aliphatic carbocycles. The van der Waals surface area contributed by atoms with E-state index in [2.05, 4.69) is 5.32 Å². The molecule has 0 spiro atoms. The molecule has 0 aromatic carbocycles. The topological polar surface area (TPSA) is 84.7 Å². The van der Waals surface area contributed by atoms with Crippen LogP contribution in [0.25, 0.3) is 0 Å². The summed E-state index contributed by atoms with van der Waals surface area (Å²) in [6.07, 6.45) is 2.28. The van der Waals surface area contributed by atoms with Crippen molar-refractivity contribution < 1.29 is 14.3 Å². The second-order valence-corrected chi connectivity index (χ2v) is 4.77. The van der Waals surface area contributed by atoms with Crippen LogP contribution in [-0.2, 0) is 14.3 Å². The molecule has 0 bridgehead atoms. The van der Waals surface area contributed by atoms with Gasteiger partial charge < -0.3 is 20.7 Å². The number of hydrogen-bond donors (Lipinski definition) is 2. The van der Waals surface area contributed by atoms with Gasteiger partial charge in [0.25, 0.3) is 0 Å². The van der Waals surface area contributed by atoms with E-state index in [1.165, 1.54) is 0 Å². The first-order chi connectivity index (χ1) is 9.08. The quantitative estimate of drug-likeness (QED) is 0.644. The van der Waals surface area contributed by atoms with Gasteiger partial charge in [0.2, 0.25) is 11.8 Å². The van der Waals surface area contributed by atoms with Crippen LogP contribution in [0.3, 0.4) is 0 Å². The highest BCUT2D eigenvalue weighted by Gasteiger charge is 2.24. The van der Waals surface area contributed by atoms with Crippen LogP contribution < -0.4 is 11.1 Å². The van der Waals surface area contributed by atoms with E-state index in [-0.39, 0.29) is 18.4 Å². The number of rotatable bonds is 8. The maximum Gasteiger partial charge on any atom is 0.235 e. The highest BCUT2D eigenvalue weighted by Crippen LogP contribution is 2.11. The molecule has 3 N–H and O–H groups in total. The van der Waals surface area contributed by atoms with E-state index in [0.717, 1.165) is 19.4 Å². The summed E-state index contributed by atoms with van der Waals surface area (Å²) in [5.41, 5.74) is 5.34. The van der Waals surface area contributed by atoms with Crippen molar-refractivity contribution in [3.63, 3.8) is 0 Å². The summed E-state index contributed by atoms with van der Waals surface area (Å²) >= 11 is 0. The van der Waals surface area contributed by atoms with Gasteiger partial charge in [-0.15, -0.1) is 0 Å². The molecule has 6 heteroatoms. The number of ether oxygens (including phenoxy) is 1. The number of nitrogens with two attached hydrogens (primary N) is 1. The lowest BCUT2D eigenvalue weighted by atomic mass is 10.1. The van der Waals surface area contributed by atoms with Gasteiger partial charge in [-0.3, -0.25) is 9.59 Å². The molecular weight excluding hydrogens is 246 g/mol. The molecule has 1 aliphatic heterocycles. The molecular formula is C13H25N3O3. The third-order valence-corrected chi connectivity index (χ3v) is 3.45. The number of amides is 2. The van der Waals surface area contributed by atoms with Crippen molar-refractivity contribution in [2.45, 2.75) is 45.3 Å². The molecule has 1 fully saturated rings. The Hall–Kier alpha value is -1.14. The largest absolute Gasteiger partial charge is 0.377 e. The first-order valence-electron chi connectivity index (χ1n) is 7.00. The van der Waals surface area contributed by atoms with Gasteiger partial charge >= 0.3 is 0 Å². The minimum Gasteiger partial charge on any atom is -0.377 e. The smallest absolute Gasteiger partial charge is 0.235 e. The van der Waals surface area contributed by atoms with Crippen molar-refractivity contribution in [2.24, 2.45) is 5.73 Å². The van der Waals surface area contributed by atoms with Gasteiger partial charge in [0.1, 0.15) is 0 Å². The fourth-order valence-electron chi connectivity index (χ4n) is 2.23. The van der Waals surface area contributed by atoms with Gasteiger partial charge in [0.05, 0.1) is 18.6 Å². The number of primary amides is 1. The molecule has 2 unspecified atom stereocenters. The number of carbonyl (C=O) groups is 2. The summed E-state index contributed by atoms with van der Waals surface area (Å²) in [7, 11) is 0. The molecule has 0 saturated carbocycles. The maximum absolute atomic E-state index is 12.0. The fraction of sp³-hybridized carbons (Fsp3) is 0.846. The summed E-state index contributed by atoms with van der Waals surface area (Å²) in [5.74, 6) is -0.535. The van der Waals surface area contributed by atoms with Gasteiger partial charge in [-0.2, -0.15) is 0 Å². The second-order valence-electron chi connectivity index (χ2n) is 4.77. The molecule has 0 aromatic heterocycles. The molecule has 1 saturated heterocycles. The van der Waals surface area contributed by atoms with Crippen LogP contribution in [0.2, 0.25) is 0 Å². The van der Waals surface area contributed by atoms with E-state index in [9.17, 15) is 9.59 Å². The van der Waals surface area contributed by atoms with Crippen LogP contribution in [0.1, 0.15) is 33.1 Å². The molecule has 2 atom stereocenters. The van der Waals surface area contributed by atoms with Crippen molar-refractivity contribution in [1.29, 1.82) is 0 Å². The van der Waals surface area contributed by atoms with Crippen molar-refractivity contribution in [2.75, 3.05) is 26.2 Å². The third-order valence-electron chi connectivity index (χ3n) is 3.45. The van der Waals surface area contributed by atoms with Crippen molar-refractivity contribution in [3.05, 3.63) is 0 Å². The Kier molecular flexibility index (Phi) is 6.80. The fourth-order valence-corrected chi connectivity index (χ4v) is 2.23. The molecule has 0 aromatic rings. The minimum absolute atomic E-state index is 0.0476. The Bertz CT molecular complexity index is 300. The van der Waals surface area contributed by atoms with Crippen LogP contribution in [0.15, 0.2) is 0 Å². The van der Waals surface area contributed by atoms with Gasteiger partial charge in [0.15, 0.2) is 0 Å². The molecule has 19 heavy (non-hydrogen) atoms. The highest BCUT2D eigenvalue weighted by atomic mass is 16.5. The summed E-state index contributed by atoms with van der Waals surface area (Å²) in [6, 6.07) is -0.614. The van der Waals surface area contributed by atoms with E-state index in [4.69, 9.17) is 10.5 Å². The zero-order valence-corrected chi connectivity index (χ0v) is 11.9. The van der Waals surface area contributed by atoms with Gasteiger partial charge in [-0.25, -0.2) is 0 Å². The Morgan fingerprint density at radius 3 is 2.58 bits per heavy atom. The predicted molar refractivity (Wildman–Crippen MR) is 72.5 cm³/mol. The Morgan fingerprint density at radius 2 is 2.11 bits per heavy atom. The Morgan fingerprint density at radius 1 is 1.42 bits per heavy atom. The monoisotopic (exact) mass is 271 g/mol. The van der Waals surface area contributed by atoms with Crippen LogP contribution in [0.5, 0.6) is 0 Å². The predicted octanol–water partition coefficient (Wildman–Crippen LogP) is -0.133. The summed E-state index contributed by atoms with van der Waals surface area (Å²) in [5, 5.41) is 3.05. The van der Waals surface area contributed by atoms with Gasteiger partial charge in [-0.05, 0) is 26.7 Å². The summed E-state index contributed by atoms with van der Waals surface area (Å²) < 4.78 is 5.47. The van der Waals surface area contributed by atoms with E-state index >= 15 is 0 Å². The summed E-state index contributed by atoms with van der Waals surface area (Å²) in [4.78, 5) is 25.0. The minimum atomic E-state index is -0.614. The zero-order valence-electron chi connectivity index (χ0n) is 11.9. The average molecular weight is 271 g/mol. The standard InChI is InChI=1S/C13H25N3O3/c1-3-16(4-2)12(17)8-11(13(14)18)15-9-10-6-5-7-19-10/h10-11,15H,3-9H2,1-2H3,(H2,14,18). The van der Waals surface area contributed by atoms with Crippen LogP contribution in [-0.4, -0.2) is 55.1 Å². The highest BCUT2D eigenvalue weighted by molar-refractivity contribution is 5.87. The molecule has 110 valence electrons. The molecule has 1 rings (SSSR count). The molecule has 0 radical (unpaired) electrons. The molecule has 1 aliphatic rings. The van der Waals surface area contributed by atoms with Gasteiger partial charge in [0, 0.05) is 26.2 Å². The Labute approximate surface area is 114 Å². The normalized spacial score (nSPS) is 20.2. The maximum atomic E-state index is 12.0. The first-order valence-corrected chi connectivity index (χ1v) is 7.00. The molecule has 6 nitrogen and oxygen atoms in total. The van der Waals surface area contributed by atoms with E-state index < -0.39 is 11.9 Å². The lowest BCUT2D eigenvalue weighted by Crippen LogP contribution is -2.47. The second kappa shape index (κ2) is 8.12.